The molecule has 0 aromatic heterocycles. The number of halogens is 1. The Balaban J connectivity index is 1.76. The highest BCUT2D eigenvalue weighted by atomic mass is 79.9. The van der Waals surface area contributed by atoms with Crippen molar-refractivity contribution in [2.75, 3.05) is 19.6 Å². The lowest BCUT2D eigenvalue weighted by Gasteiger charge is -2.33. The molecule has 1 aromatic rings. The van der Waals surface area contributed by atoms with Crippen LogP contribution in [0.5, 0.6) is 0 Å². The van der Waals surface area contributed by atoms with Gasteiger partial charge in [-0.05, 0) is 37.3 Å². The van der Waals surface area contributed by atoms with Crippen LogP contribution in [0.1, 0.15) is 45.2 Å². The van der Waals surface area contributed by atoms with Gasteiger partial charge in [-0.25, -0.2) is 4.79 Å². The zero-order valence-corrected chi connectivity index (χ0v) is 15.9. The molecule has 1 aliphatic heterocycles. The molecular formula is C18H28BrN3O. The number of nitrogens with one attached hydrogen (secondary N) is 2. The van der Waals surface area contributed by atoms with Crippen LogP contribution >= 0.6 is 15.9 Å². The van der Waals surface area contributed by atoms with E-state index in [9.17, 15) is 4.79 Å². The molecule has 1 atom stereocenters. The molecule has 1 aliphatic rings. The van der Waals surface area contributed by atoms with Gasteiger partial charge in [0.25, 0.3) is 0 Å². The number of benzene rings is 1. The van der Waals surface area contributed by atoms with Crippen molar-refractivity contribution in [1.82, 2.24) is 15.5 Å². The molecule has 0 spiro atoms. The summed E-state index contributed by atoms with van der Waals surface area (Å²) in [4.78, 5) is 14.7. The summed E-state index contributed by atoms with van der Waals surface area (Å²) >= 11 is 3.53. The zero-order valence-electron chi connectivity index (χ0n) is 14.3. The Labute approximate surface area is 148 Å². The molecule has 0 aliphatic carbocycles. The Morgan fingerprint density at radius 2 is 1.91 bits per heavy atom. The molecular weight excluding hydrogens is 354 g/mol. The summed E-state index contributed by atoms with van der Waals surface area (Å²) < 4.78 is 1.02. The van der Waals surface area contributed by atoms with E-state index < -0.39 is 0 Å². The van der Waals surface area contributed by atoms with Gasteiger partial charge in [0.15, 0.2) is 0 Å². The van der Waals surface area contributed by atoms with Crippen molar-refractivity contribution in [1.29, 1.82) is 0 Å². The number of piperidine rings is 1. The van der Waals surface area contributed by atoms with Gasteiger partial charge in [0.2, 0.25) is 0 Å². The lowest BCUT2D eigenvalue weighted by molar-refractivity contribution is 0.177. The smallest absolute Gasteiger partial charge is 0.315 e. The third-order valence-electron chi connectivity index (χ3n) is 4.27. The second-order valence-corrected chi connectivity index (χ2v) is 7.68. The van der Waals surface area contributed by atoms with Crippen LogP contribution in [0.25, 0.3) is 0 Å². The van der Waals surface area contributed by atoms with E-state index in [0.29, 0.717) is 5.92 Å². The highest BCUT2D eigenvalue weighted by Gasteiger charge is 2.21. The summed E-state index contributed by atoms with van der Waals surface area (Å²) in [5.74, 6) is 0.702. The fourth-order valence-corrected chi connectivity index (χ4v) is 3.73. The molecule has 1 heterocycles. The molecule has 2 amide bonds. The van der Waals surface area contributed by atoms with E-state index >= 15 is 0 Å². The number of hydrogen-bond acceptors (Lipinski definition) is 2. The van der Waals surface area contributed by atoms with E-state index in [-0.39, 0.29) is 18.1 Å². The van der Waals surface area contributed by atoms with Crippen molar-refractivity contribution in [2.45, 2.75) is 45.7 Å². The lowest BCUT2D eigenvalue weighted by Crippen LogP contribution is -2.48. The second kappa shape index (κ2) is 8.69. The highest BCUT2D eigenvalue weighted by molar-refractivity contribution is 9.10. The molecule has 23 heavy (non-hydrogen) atoms. The van der Waals surface area contributed by atoms with Crippen molar-refractivity contribution in [3.8, 4) is 0 Å². The summed E-state index contributed by atoms with van der Waals surface area (Å²) in [6.07, 6.45) is 2.06. The summed E-state index contributed by atoms with van der Waals surface area (Å²) in [7, 11) is 0. The third kappa shape index (κ3) is 5.81. The van der Waals surface area contributed by atoms with Crippen molar-refractivity contribution in [3.05, 3.63) is 34.3 Å². The molecule has 1 saturated heterocycles. The van der Waals surface area contributed by atoms with Crippen molar-refractivity contribution < 1.29 is 4.79 Å². The monoisotopic (exact) mass is 381 g/mol. The Morgan fingerprint density at radius 1 is 1.26 bits per heavy atom. The largest absolute Gasteiger partial charge is 0.335 e. The quantitative estimate of drug-likeness (QED) is 0.811. The van der Waals surface area contributed by atoms with Gasteiger partial charge in [0.1, 0.15) is 0 Å². The fourth-order valence-electron chi connectivity index (χ4n) is 3.10. The van der Waals surface area contributed by atoms with Crippen LogP contribution in [0, 0.1) is 5.92 Å². The summed E-state index contributed by atoms with van der Waals surface area (Å²) in [5.41, 5.74) is 1.09. The maximum absolute atomic E-state index is 12.2. The van der Waals surface area contributed by atoms with Crippen LogP contribution in [0.2, 0.25) is 0 Å². The molecule has 1 unspecified atom stereocenters. The number of likely N-dealkylation sites (tertiary alicyclic amines) is 1. The van der Waals surface area contributed by atoms with E-state index in [1.54, 1.807) is 0 Å². The number of carbonyl (C=O) groups is 1. The maximum atomic E-state index is 12.2. The number of rotatable bonds is 5. The van der Waals surface area contributed by atoms with Crippen molar-refractivity contribution in [3.63, 3.8) is 0 Å². The van der Waals surface area contributed by atoms with E-state index in [1.807, 2.05) is 31.2 Å². The molecule has 5 heteroatoms. The van der Waals surface area contributed by atoms with E-state index in [2.05, 4.69) is 45.3 Å². The maximum Gasteiger partial charge on any atom is 0.315 e. The van der Waals surface area contributed by atoms with Crippen LogP contribution in [-0.4, -0.2) is 36.6 Å². The van der Waals surface area contributed by atoms with Gasteiger partial charge in [0, 0.05) is 30.1 Å². The Hall–Kier alpha value is -1.07. The molecule has 2 N–H and O–H groups in total. The van der Waals surface area contributed by atoms with Crippen molar-refractivity contribution in [2.24, 2.45) is 5.92 Å². The number of nitrogens with zero attached hydrogens (tertiary/aromatic N) is 1. The predicted molar refractivity (Wildman–Crippen MR) is 98.5 cm³/mol. The average molecular weight is 382 g/mol. The first-order valence-electron chi connectivity index (χ1n) is 8.49. The minimum absolute atomic E-state index is 0.0217. The van der Waals surface area contributed by atoms with Gasteiger partial charge in [-0.1, -0.05) is 48.0 Å². The molecule has 2 rings (SSSR count). The topological polar surface area (TPSA) is 44.4 Å². The highest BCUT2D eigenvalue weighted by Crippen LogP contribution is 2.22. The number of carbonyl (C=O) groups excluding carboxylic acids is 1. The predicted octanol–water partition coefficient (Wildman–Crippen LogP) is 3.93. The Kier molecular flexibility index (Phi) is 6.90. The summed E-state index contributed by atoms with van der Waals surface area (Å²) in [6.45, 7) is 9.80. The molecule has 1 aromatic carbocycles. The lowest BCUT2D eigenvalue weighted by atomic mass is 10.0. The van der Waals surface area contributed by atoms with Gasteiger partial charge in [-0.2, -0.15) is 0 Å². The summed E-state index contributed by atoms with van der Waals surface area (Å²) in [5, 5.41) is 6.15. The normalized spacial score (nSPS) is 18.0. The van der Waals surface area contributed by atoms with Crippen molar-refractivity contribution >= 4 is 22.0 Å². The first-order chi connectivity index (χ1) is 11.0. The number of hydrogen-bond donors (Lipinski definition) is 2. The third-order valence-corrected chi connectivity index (χ3v) is 4.99. The molecule has 1 fully saturated rings. The minimum Gasteiger partial charge on any atom is -0.335 e. The molecule has 0 saturated carbocycles. The fraction of sp³-hybridized carbons (Fsp3) is 0.611. The summed E-state index contributed by atoms with van der Waals surface area (Å²) in [6, 6.07) is 8.17. The zero-order chi connectivity index (χ0) is 16.8. The number of urea groups is 1. The Bertz CT molecular complexity index is 513. The van der Waals surface area contributed by atoms with Crippen LogP contribution in [0.3, 0.4) is 0 Å². The van der Waals surface area contributed by atoms with Gasteiger partial charge in [0.05, 0.1) is 6.04 Å². The SMILES string of the molecule is CC(C)CN1CCC(NC(=O)NC(C)c2ccccc2Br)CC1. The first-order valence-corrected chi connectivity index (χ1v) is 9.28. The standard InChI is InChI=1S/C18H28BrN3O/c1-13(2)12-22-10-8-15(9-11-22)21-18(23)20-14(3)16-6-4-5-7-17(16)19/h4-7,13-15H,8-12H2,1-3H3,(H2,20,21,23). The molecule has 0 bridgehead atoms. The second-order valence-electron chi connectivity index (χ2n) is 6.83. The van der Waals surface area contributed by atoms with Gasteiger partial charge < -0.3 is 15.5 Å². The first kappa shape index (κ1) is 18.3. The van der Waals surface area contributed by atoms with Crippen LogP contribution in [-0.2, 0) is 0 Å². The Morgan fingerprint density at radius 3 is 2.52 bits per heavy atom. The number of amides is 2. The van der Waals surface area contributed by atoms with E-state index in [4.69, 9.17) is 0 Å². The van der Waals surface area contributed by atoms with E-state index in [0.717, 1.165) is 42.5 Å². The van der Waals surface area contributed by atoms with Gasteiger partial charge in [-0.15, -0.1) is 0 Å². The molecule has 128 valence electrons. The van der Waals surface area contributed by atoms with Crippen LogP contribution < -0.4 is 10.6 Å². The minimum atomic E-state index is -0.0736. The average Bonchev–Trinajstić information content (AvgIpc) is 2.49. The van der Waals surface area contributed by atoms with Crippen LogP contribution in [0.4, 0.5) is 4.79 Å². The molecule has 4 nitrogen and oxygen atoms in total. The molecule has 0 radical (unpaired) electrons. The van der Waals surface area contributed by atoms with E-state index in [1.165, 1.54) is 0 Å². The van der Waals surface area contributed by atoms with Crippen LogP contribution in [0.15, 0.2) is 28.7 Å². The van der Waals surface area contributed by atoms with Gasteiger partial charge >= 0.3 is 6.03 Å². The van der Waals surface area contributed by atoms with Gasteiger partial charge in [-0.3, -0.25) is 0 Å².